The first-order valence-electron chi connectivity index (χ1n) is 10.9. The molecule has 1 amide bonds. The molecule has 2 aliphatic heterocycles. The van der Waals surface area contributed by atoms with Crippen LogP contribution >= 0.6 is 0 Å². The van der Waals surface area contributed by atoms with E-state index in [4.69, 9.17) is 0 Å². The Morgan fingerprint density at radius 1 is 1.08 bits per heavy atom. The van der Waals surface area contributed by atoms with Gasteiger partial charge in [0.1, 0.15) is 0 Å². The average Bonchev–Trinajstić information content (AvgIpc) is 3.25. The van der Waals surface area contributed by atoms with Crippen LogP contribution in [0.1, 0.15) is 79.1 Å². The van der Waals surface area contributed by atoms with E-state index in [1.54, 1.807) is 0 Å². The molecule has 4 unspecified atom stereocenters. The van der Waals surface area contributed by atoms with E-state index in [1.807, 2.05) is 0 Å². The van der Waals surface area contributed by atoms with Gasteiger partial charge in [-0.15, -0.1) is 0 Å². The first kappa shape index (κ1) is 19.0. The third-order valence-corrected chi connectivity index (χ3v) is 8.73. The second kappa shape index (κ2) is 6.33. The highest BCUT2D eigenvalue weighted by Crippen LogP contribution is 2.64. The molecule has 0 spiro atoms. The standard InChI is InChI=1S/C22H38N2OSi/c1-20(2)11-16(12-21(3,4)23-20)22-8-7-15(10-22)18(13-22)19(25)24-9-5-6-17(24)14-26/h15-18,23,26H,5-14H2,1-4H3. The second-order valence-electron chi connectivity index (χ2n) is 11.2. The predicted molar refractivity (Wildman–Crippen MR) is 109 cm³/mol. The van der Waals surface area contributed by atoms with E-state index in [9.17, 15) is 4.79 Å². The maximum Gasteiger partial charge on any atom is 0.226 e. The third kappa shape index (κ3) is 3.19. The Labute approximate surface area is 163 Å². The average molecular weight is 375 g/mol. The molecule has 0 aromatic rings. The zero-order valence-corrected chi connectivity index (χ0v) is 18.5. The van der Waals surface area contributed by atoms with Crippen molar-refractivity contribution < 1.29 is 4.79 Å². The predicted octanol–water partition coefficient (Wildman–Crippen LogP) is 3.66. The molecule has 4 rings (SSSR count). The summed E-state index contributed by atoms with van der Waals surface area (Å²) in [5, 5.41) is 3.85. The molecule has 0 aromatic carbocycles. The van der Waals surface area contributed by atoms with Crippen LogP contribution in [0.15, 0.2) is 0 Å². The van der Waals surface area contributed by atoms with E-state index < -0.39 is 0 Å². The molecule has 2 heterocycles. The highest BCUT2D eigenvalue weighted by Gasteiger charge is 2.59. The van der Waals surface area contributed by atoms with Crippen LogP contribution in [0.3, 0.4) is 0 Å². The molecule has 4 heteroatoms. The topological polar surface area (TPSA) is 32.3 Å². The fourth-order valence-corrected chi connectivity index (χ4v) is 7.99. The Kier molecular flexibility index (Phi) is 4.62. The van der Waals surface area contributed by atoms with Gasteiger partial charge in [-0.25, -0.2) is 0 Å². The largest absolute Gasteiger partial charge is 0.340 e. The van der Waals surface area contributed by atoms with Crippen LogP contribution in [0.4, 0.5) is 0 Å². The Bertz CT molecular complexity index is 558. The zero-order chi connectivity index (χ0) is 18.7. The molecule has 2 saturated heterocycles. The molecule has 146 valence electrons. The van der Waals surface area contributed by atoms with Gasteiger partial charge in [-0.1, -0.05) is 0 Å². The number of rotatable bonds is 3. The minimum absolute atomic E-state index is 0.209. The summed E-state index contributed by atoms with van der Waals surface area (Å²) in [4.78, 5) is 15.6. The Morgan fingerprint density at radius 2 is 1.77 bits per heavy atom. The fraction of sp³-hybridized carbons (Fsp3) is 0.955. The van der Waals surface area contributed by atoms with Crippen LogP contribution in [0.5, 0.6) is 0 Å². The Balaban J connectivity index is 1.52. The number of fused-ring (bicyclic) bond motifs is 2. The van der Waals surface area contributed by atoms with Crippen molar-refractivity contribution in [2.24, 2.45) is 23.2 Å². The highest BCUT2D eigenvalue weighted by atomic mass is 28.1. The maximum absolute atomic E-state index is 13.4. The number of nitrogens with zero attached hydrogens (tertiary/aromatic N) is 1. The molecule has 3 nitrogen and oxygen atoms in total. The van der Waals surface area contributed by atoms with Gasteiger partial charge in [0.25, 0.3) is 0 Å². The van der Waals surface area contributed by atoms with E-state index >= 15 is 0 Å². The lowest BCUT2D eigenvalue weighted by Gasteiger charge is -2.52. The number of piperidine rings is 1. The van der Waals surface area contributed by atoms with E-state index in [0.29, 0.717) is 29.2 Å². The van der Waals surface area contributed by atoms with Crippen molar-refractivity contribution in [3.05, 3.63) is 0 Å². The van der Waals surface area contributed by atoms with E-state index in [0.717, 1.165) is 18.5 Å². The summed E-state index contributed by atoms with van der Waals surface area (Å²) >= 11 is 0. The molecule has 2 saturated carbocycles. The molecule has 4 atom stereocenters. The minimum Gasteiger partial charge on any atom is -0.340 e. The van der Waals surface area contributed by atoms with Crippen molar-refractivity contribution in [2.75, 3.05) is 6.54 Å². The van der Waals surface area contributed by atoms with E-state index in [1.165, 1.54) is 51.4 Å². The van der Waals surface area contributed by atoms with Gasteiger partial charge in [0, 0.05) is 39.8 Å². The Hall–Kier alpha value is -0.353. The number of likely N-dealkylation sites (tertiary alicyclic amines) is 1. The number of hydrogen-bond donors (Lipinski definition) is 1. The van der Waals surface area contributed by atoms with Crippen LogP contribution in [0.25, 0.3) is 0 Å². The number of nitrogens with one attached hydrogen (secondary N) is 1. The van der Waals surface area contributed by atoms with Crippen LogP contribution in [0.2, 0.25) is 6.04 Å². The van der Waals surface area contributed by atoms with Crippen LogP contribution in [-0.4, -0.2) is 44.7 Å². The van der Waals surface area contributed by atoms with Gasteiger partial charge in [-0.05, 0) is 102 Å². The summed E-state index contributed by atoms with van der Waals surface area (Å²) in [6.45, 7) is 10.5. The molecular weight excluding hydrogens is 336 g/mol. The first-order valence-corrected chi connectivity index (χ1v) is 11.8. The summed E-state index contributed by atoms with van der Waals surface area (Å²) in [7, 11) is 2.86. The molecule has 26 heavy (non-hydrogen) atoms. The SMILES string of the molecule is CC1(C)CC(C23CCC(C2)C(C(=O)N2CCCC2C[SiH])C3)CC(C)(C)N1. The lowest BCUT2D eigenvalue weighted by molar-refractivity contribution is -0.138. The van der Waals surface area contributed by atoms with Gasteiger partial charge < -0.3 is 10.2 Å². The van der Waals surface area contributed by atoms with Crippen LogP contribution in [0, 0.1) is 23.2 Å². The van der Waals surface area contributed by atoms with Gasteiger partial charge in [-0.3, -0.25) is 4.79 Å². The number of hydrogen-bond acceptors (Lipinski definition) is 2. The van der Waals surface area contributed by atoms with Crippen molar-refractivity contribution in [3.8, 4) is 0 Å². The smallest absolute Gasteiger partial charge is 0.226 e. The van der Waals surface area contributed by atoms with Crippen LogP contribution < -0.4 is 5.32 Å². The molecule has 4 aliphatic rings. The summed E-state index contributed by atoms with van der Waals surface area (Å²) in [6.07, 6.45) is 10.1. The molecule has 2 bridgehead atoms. The van der Waals surface area contributed by atoms with Gasteiger partial charge in [0.15, 0.2) is 0 Å². The number of amides is 1. The van der Waals surface area contributed by atoms with E-state index in [-0.39, 0.29) is 11.1 Å². The monoisotopic (exact) mass is 374 g/mol. The van der Waals surface area contributed by atoms with Crippen molar-refractivity contribution in [2.45, 2.75) is 102 Å². The molecule has 1 N–H and O–H groups in total. The second-order valence-corrected chi connectivity index (χ2v) is 11.7. The van der Waals surface area contributed by atoms with Gasteiger partial charge in [-0.2, -0.15) is 0 Å². The number of carbonyl (C=O) groups excluding carboxylic acids is 1. The highest BCUT2D eigenvalue weighted by molar-refractivity contribution is 6.09. The minimum atomic E-state index is 0.209. The maximum atomic E-state index is 13.4. The van der Waals surface area contributed by atoms with Crippen molar-refractivity contribution in [3.63, 3.8) is 0 Å². The molecule has 0 aromatic heterocycles. The van der Waals surface area contributed by atoms with Crippen molar-refractivity contribution >= 4 is 16.1 Å². The van der Waals surface area contributed by atoms with Crippen LogP contribution in [-0.2, 0) is 4.79 Å². The lowest BCUT2D eigenvalue weighted by atomic mass is 9.61. The lowest BCUT2D eigenvalue weighted by Crippen LogP contribution is -2.59. The summed E-state index contributed by atoms with van der Waals surface area (Å²) in [5.74, 6) is 2.26. The molecule has 2 aliphatic carbocycles. The van der Waals surface area contributed by atoms with Gasteiger partial charge in [0.2, 0.25) is 5.91 Å². The zero-order valence-electron chi connectivity index (χ0n) is 17.3. The van der Waals surface area contributed by atoms with Gasteiger partial charge >= 0.3 is 0 Å². The normalized spacial score (nSPS) is 41.7. The quantitative estimate of drug-likeness (QED) is 0.765. The Morgan fingerprint density at radius 3 is 2.42 bits per heavy atom. The van der Waals surface area contributed by atoms with Gasteiger partial charge in [0.05, 0.1) is 0 Å². The van der Waals surface area contributed by atoms with Crippen molar-refractivity contribution in [1.82, 2.24) is 10.2 Å². The van der Waals surface area contributed by atoms with E-state index in [2.05, 4.69) is 48.2 Å². The summed E-state index contributed by atoms with van der Waals surface area (Å²) in [5.41, 5.74) is 0.861. The van der Waals surface area contributed by atoms with Crippen molar-refractivity contribution in [1.29, 1.82) is 0 Å². The third-order valence-electron chi connectivity index (χ3n) is 8.18. The first-order chi connectivity index (χ1) is 12.1. The summed E-state index contributed by atoms with van der Waals surface area (Å²) in [6, 6.07) is 1.53. The summed E-state index contributed by atoms with van der Waals surface area (Å²) < 4.78 is 0. The molecule has 2 radical (unpaired) electrons. The fourth-order valence-electron chi connectivity index (χ4n) is 7.50. The number of carbonyl (C=O) groups is 1. The molecular formula is C22H38N2OSi. The molecule has 4 fully saturated rings.